The predicted octanol–water partition coefficient (Wildman–Crippen LogP) is 3.94. The molecule has 2 aromatic carbocycles. The molecule has 1 aliphatic carbocycles. The molecule has 1 radical (unpaired) electrons. The maximum atomic E-state index is 9.84. The van der Waals surface area contributed by atoms with Crippen LogP contribution in [0.4, 0.5) is 0 Å². The maximum absolute atomic E-state index is 9.84. The fraction of sp³-hybridized carbons (Fsp3) is 0.300. The van der Waals surface area contributed by atoms with E-state index in [1.807, 2.05) is 24.3 Å². The normalized spacial score (nSPS) is 20.6. The van der Waals surface area contributed by atoms with Crippen molar-refractivity contribution in [2.45, 2.75) is 37.8 Å². The average Bonchev–Trinajstić information content (AvgIpc) is 2.61. The van der Waals surface area contributed by atoms with Gasteiger partial charge in [0.2, 0.25) is 0 Å². The molecular formula is C20H22CoN2O2. The van der Waals surface area contributed by atoms with Crippen molar-refractivity contribution in [2.24, 2.45) is 9.98 Å². The van der Waals surface area contributed by atoms with Gasteiger partial charge in [-0.05, 0) is 37.1 Å². The average molecular weight is 381 g/mol. The zero-order valence-corrected chi connectivity index (χ0v) is 14.9. The van der Waals surface area contributed by atoms with Crippen molar-refractivity contribution in [1.82, 2.24) is 0 Å². The number of aliphatic imine (C=N–C) groups is 2. The molecule has 0 amide bonds. The minimum atomic E-state index is 0. The summed E-state index contributed by atoms with van der Waals surface area (Å²) in [7, 11) is 0. The van der Waals surface area contributed by atoms with Crippen LogP contribution in [0.2, 0.25) is 0 Å². The third-order valence-corrected chi connectivity index (χ3v) is 4.38. The van der Waals surface area contributed by atoms with Crippen LogP contribution in [0.5, 0.6) is 11.5 Å². The first kappa shape index (κ1) is 19.2. The summed E-state index contributed by atoms with van der Waals surface area (Å²) in [6.45, 7) is 0. The van der Waals surface area contributed by atoms with E-state index < -0.39 is 0 Å². The Labute approximate surface area is 158 Å². The van der Waals surface area contributed by atoms with E-state index in [1.54, 1.807) is 36.7 Å². The molecule has 0 spiro atoms. The quantitative estimate of drug-likeness (QED) is 0.788. The summed E-state index contributed by atoms with van der Waals surface area (Å²) in [4.78, 5) is 9.34. The first-order valence-electron chi connectivity index (χ1n) is 8.36. The molecule has 0 aromatic heterocycles. The summed E-state index contributed by atoms with van der Waals surface area (Å²) in [6, 6.07) is 14.6. The Bertz CT molecular complexity index is 682. The van der Waals surface area contributed by atoms with Gasteiger partial charge in [0.05, 0.1) is 12.1 Å². The molecule has 4 nitrogen and oxygen atoms in total. The van der Waals surface area contributed by atoms with Crippen molar-refractivity contribution < 1.29 is 27.0 Å². The van der Waals surface area contributed by atoms with Crippen LogP contribution in [0.25, 0.3) is 0 Å². The van der Waals surface area contributed by atoms with E-state index in [0.717, 1.165) is 36.8 Å². The Morgan fingerprint density at radius 2 is 1.12 bits per heavy atom. The molecule has 1 saturated carbocycles. The van der Waals surface area contributed by atoms with E-state index in [0.29, 0.717) is 0 Å². The first-order chi connectivity index (χ1) is 11.7. The molecule has 25 heavy (non-hydrogen) atoms. The number of para-hydroxylation sites is 2. The second-order valence-electron chi connectivity index (χ2n) is 6.09. The second kappa shape index (κ2) is 9.39. The van der Waals surface area contributed by atoms with E-state index in [1.165, 1.54) is 0 Å². The number of rotatable bonds is 4. The smallest absolute Gasteiger partial charge is 0.124 e. The molecule has 1 aliphatic rings. The number of hydrogen-bond acceptors (Lipinski definition) is 4. The van der Waals surface area contributed by atoms with Crippen molar-refractivity contribution in [3.8, 4) is 11.5 Å². The van der Waals surface area contributed by atoms with Crippen LogP contribution in [-0.2, 0) is 16.8 Å². The molecule has 0 unspecified atom stereocenters. The molecule has 2 aromatic rings. The van der Waals surface area contributed by atoms with Gasteiger partial charge in [-0.3, -0.25) is 9.98 Å². The predicted molar refractivity (Wildman–Crippen MR) is 97.4 cm³/mol. The molecule has 2 N–H and O–H groups in total. The summed E-state index contributed by atoms with van der Waals surface area (Å²) in [5, 5.41) is 19.7. The number of benzene rings is 2. The zero-order valence-electron chi connectivity index (χ0n) is 13.9. The van der Waals surface area contributed by atoms with Gasteiger partial charge in [-0.2, -0.15) is 0 Å². The van der Waals surface area contributed by atoms with Crippen LogP contribution in [0.15, 0.2) is 58.5 Å². The molecule has 1 fully saturated rings. The van der Waals surface area contributed by atoms with E-state index in [-0.39, 0.29) is 40.4 Å². The number of phenolic OH excluding ortho intramolecular Hbond substituents is 2. The topological polar surface area (TPSA) is 65.2 Å². The number of phenols is 2. The van der Waals surface area contributed by atoms with E-state index in [9.17, 15) is 10.2 Å². The molecule has 0 bridgehead atoms. The summed E-state index contributed by atoms with van der Waals surface area (Å²) >= 11 is 0. The Kier molecular flexibility index (Phi) is 7.22. The van der Waals surface area contributed by atoms with Gasteiger partial charge in [0.25, 0.3) is 0 Å². The van der Waals surface area contributed by atoms with Gasteiger partial charge in [-0.1, -0.05) is 37.1 Å². The molecule has 2 atom stereocenters. The van der Waals surface area contributed by atoms with Crippen LogP contribution in [-0.4, -0.2) is 34.7 Å². The fourth-order valence-corrected chi connectivity index (χ4v) is 2.98. The summed E-state index contributed by atoms with van der Waals surface area (Å²) in [5.74, 6) is 0.484. The second-order valence-corrected chi connectivity index (χ2v) is 6.09. The van der Waals surface area contributed by atoms with Crippen molar-refractivity contribution in [1.29, 1.82) is 0 Å². The van der Waals surface area contributed by atoms with Crippen LogP contribution < -0.4 is 0 Å². The van der Waals surface area contributed by atoms with Crippen LogP contribution in [0.1, 0.15) is 36.8 Å². The van der Waals surface area contributed by atoms with Gasteiger partial charge >= 0.3 is 0 Å². The van der Waals surface area contributed by atoms with Gasteiger partial charge < -0.3 is 10.2 Å². The minimum Gasteiger partial charge on any atom is -0.507 e. The van der Waals surface area contributed by atoms with Gasteiger partial charge in [0.1, 0.15) is 11.5 Å². The summed E-state index contributed by atoms with van der Waals surface area (Å²) in [5.41, 5.74) is 1.46. The minimum absolute atomic E-state index is 0. The Morgan fingerprint density at radius 1 is 0.720 bits per heavy atom. The molecular weight excluding hydrogens is 359 g/mol. The third kappa shape index (κ3) is 5.18. The number of aromatic hydroxyl groups is 2. The van der Waals surface area contributed by atoms with Crippen LogP contribution >= 0.6 is 0 Å². The van der Waals surface area contributed by atoms with Crippen molar-refractivity contribution in [2.75, 3.05) is 0 Å². The van der Waals surface area contributed by atoms with Crippen LogP contribution in [0, 0.1) is 0 Å². The SMILES string of the molecule is Oc1ccccc1C=N[C@H]1CCCC[C@H]1N=Cc1ccccc1O.[Co]. The molecule has 0 saturated heterocycles. The van der Waals surface area contributed by atoms with Crippen molar-refractivity contribution in [3.05, 3.63) is 59.7 Å². The monoisotopic (exact) mass is 381 g/mol. The van der Waals surface area contributed by atoms with E-state index in [2.05, 4.69) is 9.98 Å². The van der Waals surface area contributed by atoms with Gasteiger partial charge in [-0.15, -0.1) is 0 Å². The number of nitrogens with zero attached hydrogens (tertiary/aromatic N) is 2. The zero-order chi connectivity index (χ0) is 16.8. The Morgan fingerprint density at radius 3 is 1.52 bits per heavy atom. The molecule has 3 rings (SSSR count). The van der Waals surface area contributed by atoms with E-state index >= 15 is 0 Å². The van der Waals surface area contributed by atoms with Gasteiger partial charge in [0.15, 0.2) is 0 Å². The van der Waals surface area contributed by atoms with Crippen molar-refractivity contribution in [3.63, 3.8) is 0 Å². The molecule has 5 heteroatoms. The number of hydrogen-bond donors (Lipinski definition) is 2. The third-order valence-electron chi connectivity index (χ3n) is 4.38. The van der Waals surface area contributed by atoms with Gasteiger partial charge in [0, 0.05) is 40.3 Å². The Hall–Kier alpha value is -2.11. The van der Waals surface area contributed by atoms with Crippen molar-refractivity contribution >= 4 is 12.4 Å². The van der Waals surface area contributed by atoms with Crippen LogP contribution in [0.3, 0.4) is 0 Å². The maximum Gasteiger partial charge on any atom is 0.124 e. The van der Waals surface area contributed by atoms with E-state index in [4.69, 9.17) is 0 Å². The largest absolute Gasteiger partial charge is 0.507 e. The molecule has 133 valence electrons. The standard InChI is InChI=1S/C20H22N2O2.Co/c23-19-11-5-1-7-15(19)13-21-17-9-3-4-10-18(17)22-14-16-8-2-6-12-20(16)24;/h1-2,5-8,11-14,17-18,23-24H,3-4,9-10H2;/t17-,18+;. The Balaban J connectivity index is 0.00000225. The molecule has 0 heterocycles. The van der Waals surface area contributed by atoms with Gasteiger partial charge in [-0.25, -0.2) is 0 Å². The first-order valence-corrected chi connectivity index (χ1v) is 8.36. The summed E-state index contributed by atoms with van der Waals surface area (Å²) < 4.78 is 0. The summed E-state index contributed by atoms with van der Waals surface area (Å²) in [6.07, 6.45) is 7.76. The molecule has 0 aliphatic heterocycles. The fourth-order valence-electron chi connectivity index (χ4n) is 2.98.